The van der Waals surface area contributed by atoms with Gasteiger partial charge < -0.3 is 20.3 Å². The van der Waals surface area contributed by atoms with E-state index in [2.05, 4.69) is 5.32 Å². The van der Waals surface area contributed by atoms with Gasteiger partial charge >= 0.3 is 11.7 Å². The molecule has 0 spiro atoms. The zero-order chi connectivity index (χ0) is 21.9. The average Bonchev–Trinajstić information content (AvgIpc) is 2.64. The molecule has 8 heteroatoms. The number of aromatic nitrogens is 1. The van der Waals surface area contributed by atoms with E-state index >= 15 is 0 Å². The summed E-state index contributed by atoms with van der Waals surface area (Å²) in [6.07, 6.45) is -2.35. The van der Waals surface area contributed by atoms with Crippen LogP contribution in [0.15, 0.2) is 59.4 Å². The van der Waals surface area contributed by atoms with Crippen LogP contribution in [0, 0.1) is 0 Å². The van der Waals surface area contributed by atoms with E-state index in [-0.39, 0.29) is 5.69 Å². The lowest BCUT2D eigenvalue weighted by molar-refractivity contribution is -0.0153. The number of benzene rings is 2. The van der Waals surface area contributed by atoms with Gasteiger partial charge in [0.1, 0.15) is 11.3 Å². The van der Waals surface area contributed by atoms with E-state index in [1.54, 1.807) is 26.8 Å². The molecule has 1 heterocycles. The zero-order valence-electron chi connectivity index (χ0n) is 17.0. The average molecular weight is 412 g/mol. The standard InChI is InChI=1S/C22H24N2O6/c1-22(2,3)29-21(28)30-24-18-10-9-15(11-14-7-5-4-6-8-14)12-16(18)13-17(19(24)25)23-20(26)27/h4-10,12-13,20,23,26-27H,11H2,1-3H3. The summed E-state index contributed by atoms with van der Waals surface area (Å²) in [5.41, 5.74) is 0.693. The van der Waals surface area contributed by atoms with E-state index in [1.807, 2.05) is 42.5 Å². The number of rotatable bonds is 5. The summed E-state index contributed by atoms with van der Waals surface area (Å²) in [5, 5.41) is 21.3. The molecule has 8 nitrogen and oxygen atoms in total. The van der Waals surface area contributed by atoms with Gasteiger partial charge in [0.25, 0.3) is 0 Å². The molecule has 0 bridgehead atoms. The predicted molar refractivity (Wildman–Crippen MR) is 112 cm³/mol. The Hall–Kier alpha value is -3.36. The van der Waals surface area contributed by atoms with Crippen molar-refractivity contribution >= 4 is 22.7 Å². The normalized spacial score (nSPS) is 11.5. The monoisotopic (exact) mass is 412 g/mol. The number of hydrogen-bond donors (Lipinski definition) is 3. The van der Waals surface area contributed by atoms with Gasteiger partial charge in [-0.2, -0.15) is 0 Å². The Labute approximate surface area is 173 Å². The number of aliphatic hydroxyl groups is 2. The quantitative estimate of drug-likeness (QED) is 0.436. The summed E-state index contributed by atoms with van der Waals surface area (Å²) < 4.78 is 5.91. The molecule has 0 saturated carbocycles. The van der Waals surface area contributed by atoms with Gasteiger partial charge in [0.2, 0.25) is 6.41 Å². The van der Waals surface area contributed by atoms with Crippen molar-refractivity contribution in [2.75, 3.05) is 5.32 Å². The molecule has 3 rings (SSSR count). The summed E-state index contributed by atoms with van der Waals surface area (Å²) in [6, 6.07) is 16.7. The molecule has 3 aromatic rings. The van der Waals surface area contributed by atoms with Gasteiger partial charge in [0.05, 0.1) is 5.52 Å². The molecule has 0 amide bonds. The zero-order valence-corrected chi connectivity index (χ0v) is 17.0. The summed E-state index contributed by atoms with van der Waals surface area (Å²) in [4.78, 5) is 30.0. The van der Waals surface area contributed by atoms with Crippen LogP contribution in [0.5, 0.6) is 0 Å². The highest BCUT2D eigenvalue weighted by Crippen LogP contribution is 2.20. The molecular formula is C22H24N2O6. The molecule has 0 fully saturated rings. The number of ether oxygens (including phenoxy) is 1. The van der Waals surface area contributed by atoms with Crippen LogP contribution >= 0.6 is 0 Å². The first kappa shape index (κ1) is 21.4. The Morgan fingerprint density at radius 2 is 1.77 bits per heavy atom. The van der Waals surface area contributed by atoms with E-state index in [4.69, 9.17) is 9.57 Å². The molecule has 1 aromatic heterocycles. The highest BCUT2D eigenvalue weighted by Gasteiger charge is 2.21. The number of nitrogens with zero attached hydrogens (tertiary/aromatic N) is 1. The van der Waals surface area contributed by atoms with Gasteiger partial charge in [-0.3, -0.25) is 9.63 Å². The third-order valence-corrected chi connectivity index (χ3v) is 4.12. The fourth-order valence-corrected chi connectivity index (χ4v) is 2.96. The van der Waals surface area contributed by atoms with Crippen LogP contribution in [-0.4, -0.2) is 33.1 Å². The molecule has 0 unspecified atom stereocenters. The van der Waals surface area contributed by atoms with Gasteiger partial charge in [-0.25, -0.2) is 4.79 Å². The fraction of sp³-hybridized carbons (Fsp3) is 0.273. The second-order valence-corrected chi connectivity index (χ2v) is 7.79. The number of carbonyl (C=O) groups is 1. The third-order valence-electron chi connectivity index (χ3n) is 4.12. The fourth-order valence-electron chi connectivity index (χ4n) is 2.96. The molecule has 0 atom stereocenters. The summed E-state index contributed by atoms with van der Waals surface area (Å²) >= 11 is 0. The van der Waals surface area contributed by atoms with Gasteiger partial charge in [0.15, 0.2) is 0 Å². The predicted octanol–water partition coefficient (Wildman–Crippen LogP) is 2.64. The van der Waals surface area contributed by atoms with Crippen LogP contribution in [0.25, 0.3) is 10.9 Å². The van der Waals surface area contributed by atoms with Crippen LogP contribution < -0.4 is 15.7 Å². The minimum atomic E-state index is -1.96. The van der Waals surface area contributed by atoms with E-state index in [0.29, 0.717) is 17.3 Å². The van der Waals surface area contributed by atoms with Crippen molar-refractivity contribution in [3.8, 4) is 0 Å². The summed E-state index contributed by atoms with van der Waals surface area (Å²) in [7, 11) is 0. The molecule has 2 aromatic carbocycles. The molecule has 3 N–H and O–H groups in total. The van der Waals surface area contributed by atoms with Crippen LogP contribution in [0.1, 0.15) is 31.9 Å². The van der Waals surface area contributed by atoms with Gasteiger partial charge in [0, 0.05) is 5.39 Å². The van der Waals surface area contributed by atoms with Gasteiger partial charge in [-0.1, -0.05) is 36.4 Å². The van der Waals surface area contributed by atoms with Crippen LogP contribution in [0.3, 0.4) is 0 Å². The van der Waals surface area contributed by atoms with Gasteiger partial charge in [-0.15, -0.1) is 4.73 Å². The Morgan fingerprint density at radius 3 is 2.40 bits per heavy atom. The lowest BCUT2D eigenvalue weighted by atomic mass is 10.0. The highest BCUT2D eigenvalue weighted by atomic mass is 16.8. The van der Waals surface area contributed by atoms with Crippen molar-refractivity contribution in [1.29, 1.82) is 0 Å². The van der Waals surface area contributed by atoms with Gasteiger partial charge in [-0.05, 0) is 56.5 Å². The lowest BCUT2D eigenvalue weighted by Crippen LogP contribution is -2.37. The third kappa shape index (κ3) is 5.37. The number of fused-ring (bicyclic) bond motifs is 1. The lowest BCUT2D eigenvalue weighted by Gasteiger charge is -2.20. The molecule has 30 heavy (non-hydrogen) atoms. The van der Waals surface area contributed by atoms with Crippen molar-refractivity contribution in [2.45, 2.75) is 39.2 Å². The summed E-state index contributed by atoms with van der Waals surface area (Å²) in [6.45, 7) is 5.02. The minimum Gasteiger partial charge on any atom is -0.427 e. The molecule has 0 radical (unpaired) electrons. The highest BCUT2D eigenvalue weighted by molar-refractivity contribution is 5.83. The molecular weight excluding hydrogens is 388 g/mol. The van der Waals surface area contributed by atoms with Crippen LogP contribution in [0.2, 0.25) is 0 Å². The van der Waals surface area contributed by atoms with Crippen molar-refractivity contribution in [3.63, 3.8) is 0 Å². The number of aliphatic hydroxyl groups excluding tert-OH is 1. The first-order chi connectivity index (χ1) is 14.1. The molecule has 0 saturated heterocycles. The second kappa shape index (κ2) is 8.56. The number of anilines is 1. The van der Waals surface area contributed by atoms with E-state index in [1.165, 1.54) is 6.07 Å². The van der Waals surface area contributed by atoms with E-state index < -0.39 is 23.7 Å². The summed E-state index contributed by atoms with van der Waals surface area (Å²) in [5.74, 6) is 0. The van der Waals surface area contributed by atoms with Crippen molar-refractivity contribution in [2.24, 2.45) is 0 Å². The largest absolute Gasteiger partial charge is 0.534 e. The van der Waals surface area contributed by atoms with Crippen molar-refractivity contribution < 1.29 is 24.6 Å². The van der Waals surface area contributed by atoms with Crippen molar-refractivity contribution in [1.82, 2.24) is 4.73 Å². The van der Waals surface area contributed by atoms with Crippen molar-refractivity contribution in [3.05, 3.63) is 76.1 Å². The maximum absolute atomic E-state index is 12.7. The van der Waals surface area contributed by atoms with E-state index in [0.717, 1.165) is 15.9 Å². The smallest absolute Gasteiger partial charge is 0.427 e. The van der Waals surface area contributed by atoms with Crippen LogP contribution in [0.4, 0.5) is 10.5 Å². The maximum Gasteiger partial charge on any atom is 0.534 e. The molecule has 158 valence electrons. The topological polar surface area (TPSA) is 110 Å². The Bertz CT molecular complexity index is 1100. The number of hydrogen-bond acceptors (Lipinski definition) is 7. The number of carbonyl (C=O) groups excluding carboxylic acids is 1. The molecule has 0 aliphatic heterocycles. The minimum absolute atomic E-state index is 0.141. The first-order valence-electron chi connectivity index (χ1n) is 9.39. The molecule has 0 aliphatic carbocycles. The Balaban J connectivity index is 2.05. The van der Waals surface area contributed by atoms with E-state index in [9.17, 15) is 19.8 Å². The second-order valence-electron chi connectivity index (χ2n) is 7.79. The first-order valence-corrected chi connectivity index (χ1v) is 9.39. The molecule has 0 aliphatic rings. The Kier molecular flexibility index (Phi) is 6.09. The maximum atomic E-state index is 12.7. The number of pyridine rings is 1. The SMILES string of the molecule is CC(C)(C)OC(=O)On1c(=O)c(NC(O)O)cc2cc(Cc3ccccc3)ccc21. The Morgan fingerprint density at radius 1 is 1.07 bits per heavy atom. The van der Waals surface area contributed by atoms with Crippen LogP contribution in [-0.2, 0) is 11.2 Å². The number of nitrogens with one attached hydrogen (secondary N) is 1.